The van der Waals surface area contributed by atoms with Crippen LogP contribution >= 0.6 is 11.3 Å². The zero-order valence-electron chi connectivity index (χ0n) is 29.8. The van der Waals surface area contributed by atoms with Gasteiger partial charge in [-0.15, -0.1) is 11.3 Å². The quantitative estimate of drug-likeness (QED) is 0.167. The molecular weight excluding hydrogens is 659 g/mol. The van der Waals surface area contributed by atoms with Crippen LogP contribution in [0.2, 0.25) is 0 Å². The number of fused-ring (bicyclic) bond motifs is 6. The molecule has 1 heterocycles. The molecule has 0 bridgehead atoms. The molecule has 0 N–H and O–H groups in total. The Bertz CT molecular complexity index is 2810. The van der Waals surface area contributed by atoms with Crippen molar-refractivity contribution >= 4 is 48.6 Å². The zero-order chi connectivity index (χ0) is 35.5. The van der Waals surface area contributed by atoms with E-state index in [1.165, 1.54) is 81.5 Å². The molecular formula is C51H37NS. The minimum atomic E-state index is -0.0724. The summed E-state index contributed by atoms with van der Waals surface area (Å²) in [4.78, 5) is 2.53. The van der Waals surface area contributed by atoms with Crippen molar-refractivity contribution in [3.63, 3.8) is 0 Å². The van der Waals surface area contributed by atoms with Crippen molar-refractivity contribution < 1.29 is 0 Å². The second-order valence-electron chi connectivity index (χ2n) is 14.5. The van der Waals surface area contributed by atoms with Crippen molar-refractivity contribution in [2.75, 3.05) is 4.90 Å². The molecule has 0 spiro atoms. The minimum Gasteiger partial charge on any atom is -0.308 e. The van der Waals surface area contributed by atoms with E-state index in [2.05, 4.69) is 207 Å². The smallest absolute Gasteiger partial charge is 0.0640 e. The van der Waals surface area contributed by atoms with Crippen LogP contribution in [0.3, 0.4) is 0 Å². The number of anilines is 3. The molecule has 1 nitrogen and oxygen atoms in total. The Morgan fingerprint density at radius 2 is 1.02 bits per heavy atom. The Morgan fingerprint density at radius 1 is 0.415 bits per heavy atom. The minimum absolute atomic E-state index is 0.0724. The summed E-state index contributed by atoms with van der Waals surface area (Å²) in [5.41, 5.74) is 16.0. The molecule has 0 atom stereocenters. The summed E-state index contributed by atoms with van der Waals surface area (Å²) in [5, 5.41) is 2.58. The topological polar surface area (TPSA) is 3.24 Å². The number of hydrogen-bond acceptors (Lipinski definition) is 2. The van der Waals surface area contributed by atoms with Crippen molar-refractivity contribution in [1.29, 1.82) is 0 Å². The molecule has 53 heavy (non-hydrogen) atoms. The van der Waals surface area contributed by atoms with Crippen LogP contribution in [-0.2, 0) is 5.41 Å². The predicted molar refractivity (Wildman–Crippen MR) is 228 cm³/mol. The third-order valence-electron chi connectivity index (χ3n) is 11.1. The maximum atomic E-state index is 2.53. The Morgan fingerprint density at radius 3 is 1.87 bits per heavy atom. The van der Waals surface area contributed by atoms with Gasteiger partial charge in [0, 0.05) is 32.1 Å². The fraction of sp³-hybridized carbons (Fsp3) is 0.0588. The highest BCUT2D eigenvalue weighted by atomic mass is 32.1. The number of thiophene rings is 1. The maximum absolute atomic E-state index is 2.53. The Balaban J connectivity index is 1.29. The van der Waals surface area contributed by atoms with E-state index in [0.29, 0.717) is 0 Å². The highest BCUT2D eigenvalue weighted by Crippen LogP contribution is 2.53. The lowest BCUT2D eigenvalue weighted by Gasteiger charge is -2.30. The van der Waals surface area contributed by atoms with Gasteiger partial charge in [0.1, 0.15) is 0 Å². The van der Waals surface area contributed by atoms with Gasteiger partial charge in [0.25, 0.3) is 0 Å². The van der Waals surface area contributed by atoms with Gasteiger partial charge in [0.2, 0.25) is 0 Å². The van der Waals surface area contributed by atoms with Gasteiger partial charge in [0.05, 0.1) is 16.1 Å². The molecule has 1 aliphatic rings. The van der Waals surface area contributed by atoms with Crippen LogP contribution in [-0.4, -0.2) is 0 Å². The second-order valence-corrected chi connectivity index (χ2v) is 15.6. The molecule has 1 aromatic heterocycles. The van der Waals surface area contributed by atoms with Crippen LogP contribution in [0.25, 0.3) is 64.7 Å². The molecule has 0 saturated carbocycles. The lowest BCUT2D eigenvalue weighted by atomic mass is 9.82. The Kier molecular flexibility index (Phi) is 7.42. The van der Waals surface area contributed by atoms with Crippen LogP contribution in [0.4, 0.5) is 17.1 Å². The molecule has 0 aliphatic heterocycles. The van der Waals surface area contributed by atoms with Gasteiger partial charge in [-0.1, -0.05) is 166 Å². The molecule has 0 radical (unpaired) electrons. The van der Waals surface area contributed by atoms with Gasteiger partial charge in [-0.25, -0.2) is 0 Å². The SMILES string of the molecule is CC1(C)c2ccccc2-c2cc(N(c3cccc(-c4ccccc4)c3-c3cccc(-c4ccccc4)c3)c3cccc4c3sc3ccccc34)ccc21. The van der Waals surface area contributed by atoms with E-state index in [9.17, 15) is 0 Å². The summed E-state index contributed by atoms with van der Waals surface area (Å²) < 4.78 is 2.58. The van der Waals surface area contributed by atoms with Crippen LogP contribution < -0.4 is 4.90 Å². The van der Waals surface area contributed by atoms with Crippen LogP contribution in [0.1, 0.15) is 25.0 Å². The zero-order valence-corrected chi connectivity index (χ0v) is 30.6. The first-order valence-electron chi connectivity index (χ1n) is 18.4. The van der Waals surface area contributed by atoms with Gasteiger partial charge in [0.15, 0.2) is 0 Å². The number of rotatable bonds is 6. The predicted octanol–water partition coefficient (Wildman–Crippen LogP) is 14.8. The first-order chi connectivity index (χ1) is 26.1. The summed E-state index contributed by atoms with van der Waals surface area (Å²) in [7, 11) is 0. The number of nitrogens with zero attached hydrogens (tertiary/aromatic N) is 1. The normalized spacial score (nSPS) is 12.9. The third-order valence-corrected chi connectivity index (χ3v) is 12.3. The van der Waals surface area contributed by atoms with Gasteiger partial charge < -0.3 is 4.90 Å². The summed E-state index contributed by atoms with van der Waals surface area (Å²) in [6.45, 7) is 4.71. The summed E-state index contributed by atoms with van der Waals surface area (Å²) in [6, 6.07) is 69.2. The van der Waals surface area contributed by atoms with E-state index >= 15 is 0 Å². The largest absolute Gasteiger partial charge is 0.308 e. The molecule has 9 aromatic rings. The average molecular weight is 696 g/mol. The maximum Gasteiger partial charge on any atom is 0.0640 e. The lowest BCUT2D eigenvalue weighted by Crippen LogP contribution is -2.15. The van der Waals surface area contributed by atoms with Gasteiger partial charge in [-0.05, 0) is 86.5 Å². The number of benzene rings is 8. The highest BCUT2D eigenvalue weighted by molar-refractivity contribution is 7.26. The molecule has 10 rings (SSSR count). The van der Waals surface area contributed by atoms with Gasteiger partial charge in [-0.2, -0.15) is 0 Å². The van der Waals surface area contributed by atoms with Crippen molar-refractivity contribution in [2.24, 2.45) is 0 Å². The Hall–Kier alpha value is -6.22. The van der Waals surface area contributed by atoms with Crippen LogP contribution in [0.15, 0.2) is 188 Å². The molecule has 0 saturated heterocycles. The van der Waals surface area contributed by atoms with E-state index in [1.807, 2.05) is 11.3 Å². The summed E-state index contributed by atoms with van der Waals surface area (Å²) in [5.74, 6) is 0. The average Bonchev–Trinajstić information content (AvgIpc) is 3.71. The monoisotopic (exact) mass is 695 g/mol. The fourth-order valence-electron chi connectivity index (χ4n) is 8.54. The molecule has 1 aliphatic carbocycles. The number of hydrogen-bond donors (Lipinski definition) is 0. The highest BCUT2D eigenvalue weighted by Gasteiger charge is 2.36. The molecule has 0 unspecified atom stereocenters. The Labute approximate surface area is 315 Å². The van der Waals surface area contributed by atoms with Crippen LogP contribution in [0, 0.1) is 0 Å². The van der Waals surface area contributed by atoms with Crippen LogP contribution in [0.5, 0.6) is 0 Å². The van der Waals surface area contributed by atoms with E-state index in [4.69, 9.17) is 0 Å². The standard InChI is InChI=1S/C51H37NS/c1-51(2)44-26-11-9-22-40(44)43-33-38(30-31-45(43)51)52(47-28-15-25-42-41-23-10-12-29-48(41)53-50(42)47)46-27-14-24-39(35-18-7-4-8-19-35)49(46)37-21-13-20-36(32-37)34-16-5-3-6-17-34/h3-33H,1-2H3. The second kappa shape index (κ2) is 12.5. The van der Waals surface area contributed by atoms with E-state index in [-0.39, 0.29) is 5.41 Å². The molecule has 0 amide bonds. The fourth-order valence-corrected chi connectivity index (χ4v) is 9.74. The van der Waals surface area contributed by atoms with Crippen molar-refractivity contribution in [3.8, 4) is 44.5 Å². The van der Waals surface area contributed by atoms with Gasteiger partial charge in [-0.3, -0.25) is 0 Å². The molecule has 2 heteroatoms. The molecule has 0 fully saturated rings. The lowest BCUT2D eigenvalue weighted by molar-refractivity contribution is 0.660. The molecule has 252 valence electrons. The van der Waals surface area contributed by atoms with E-state index < -0.39 is 0 Å². The van der Waals surface area contributed by atoms with E-state index in [0.717, 1.165) is 11.4 Å². The van der Waals surface area contributed by atoms with E-state index in [1.54, 1.807) is 0 Å². The summed E-state index contributed by atoms with van der Waals surface area (Å²) in [6.07, 6.45) is 0. The van der Waals surface area contributed by atoms with Crippen molar-refractivity contribution in [2.45, 2.75) is 19.3 Å². The first-order valence-corrected chi connectivity index (χ1v) is 19.2. The third kappa shape index (κ3) is 5.13. The first kappa shape index (κ1) is 31.5. The molecule has 8 aromatic carbocycles. The van der Waals surface area contributed by atoms with Gasteiger partial charge >= 0.3 is 0 Å². The summed E-state index contributed by atoms with van der Waals surface area (Å²) >= 11 is 1.88. The van der Waals surface area contributed by atoms with Crippen molar-refractivity contribution in [1.82, 2.24) is 0 Å². The van der Waals surface area contributed by atoms with Crippen molar-refractivity contribution in [3.05, 3.63) is 199 Å².